The van der Waals surface area contributed by atoms with Gasteiger partial charge in [0.15, 0.2) is 5.82 Å². The fourth-order valence-electron chi connectivity index (χ4n) is 0.967. The number of nitrogens with one attached hydrogen (secondary N) is 1. The van der Waals surface area contributed by atoms with E-state index in [0.717, 1.165) is 12.1 Å². The number of carbonyl (C=O) groups is 1. The van der Waals surface area contributed by atoms with Crippen molar-refractivity contribution >= 4 is 33.3 Å². The normalized spacial score (nSPS) is 11.1. The molecule has 0 aliphatic carbocycles. The number of anilines is 1. The van der Waals surface area contributed by atoms with Gasteiger partial charge in [-0.05, 0) is 12.1 Å². The lowest BCUT2D eigenvalue weighted by Crippen LogP contribution is -2.35. The van der Waals surface area contributed by atoms with E-state index in [1.807, 2.05) is 0 Å². The van der Waals surface area contributed by atoms with Crippen LogP contribution in [0.3, 0.4) is 0 Å². The predicted octanol–water partition coefficient (Wildman–Crippen LogP) is 0.418. The number of benzene rings is 1. The Balaban J connectivity index is 3.39. The van der Waals surface area contributed by atoms with Crippen LogP contribution in [0.5, 0.6) is 0 Å². The minimum atomic E-state index is -4.40. The molecular weight excluding hydrogens is 261 g/mol. The topological polar surface area (TPSA) is 115 Å². The quantitative estimate of drug-likeness (QED) is 0.673. The lowest BCUT2D eigenvalue weighted by molar-refractivity contribution is 0.253. The molecule has 1 aromatic carbocycles. The molecule has 6 nitrogen and oxygen atoms in total. The molecule has 1 aromatic rings. The van der Waals surface area contributed by atoms with Crippen LogP contribution in [0.1, 0.15) is 0 Å². The average molecular weight is 268 g/mol. The monoisotopic (exact) mass is 267 g/mol. The number of halogens is 2. The van der Waals surface area contributed by atoms with E-state index in [1.165, 1.54) is 4.72 Å². The molecule has 0 fully saturated rings. The van der Waals surface area contributed by atoms with E-state index in [-0.39, 0.29) is 5.69 Å². The van der Waals surface area contributed by atoms with Crippen LogP contribution in [-0.4, -0.2) is 14.4 Å². The number of carbonyl (C=O) groups excluding carboxylic acids is 1. The van der Waals surface area contributed by atoms with Crippen LogP contribution in [-0.2, 0) is 10.0 Å². The number of rotatable bonds is 2. The highest BCUT2D eigenvalue weighted by Crippen LogP contribution is 2.25. The largest absolute Gasteiger partial charge is 0.399 e. The third-order valence-corrected chi connectivity index (χ3v) is 3.16. The first-order valence-corrected chi connectivity index (χ1v) is 5.67. The molecule has 0 saturated heterocycles. The van der Waals surface area contributed by atoms with Gasteiger partial charge in [0.25, 0.3) is 10.0 Å². The first kappa shape index (κ1) is 12.5. The first-order valence-electron chi connectivity index (χ1n) is 3.81. The summed E-state index contributed by atoms with van der Waals surface area (Å²) in [6.07, 6.45) is 0. The second kappa shape index (κ2) is 4.14. The highest BCUT2D eigenvalue weighted by molar-refractivity contribution is 7.90. The summed E-state index contributed by atoms with van der Waals surface area (Å²) in [6.45, 7) is 0. The Labute approximate surface area is 95.4 Å². The summed E-state index contributed by atoms with van der Waals surface area (Å²) in [5, 5.41) is -0.468. The maximum Gasteiger partial charge on any atom is 0.326 e. The smallest absolute Gasteiger partial charge is 0.326 e. The molecule has 0 aliphatic rings. The maximum atomic E-state index is 13.4. The lowest BCUT2D eigenvalue weighted by atomic mass is 10.3. The molecule has 0 aromatic heterocycles. The van der Waals surface area contributed by atoms with E-state index >= 15 is 0 Å². The standard InChI is InChI=1S/C7H7ClFN3O3S/c8-4-1-3(10)2-5(6(4)9)16(14,15)12-7(11)13/h1-2H,10H2,(H3,11,12,13). The fourth-order valence-corrected chi connectivity index (χ4v) is 2.26. The summed E-state index contributed by atoms with van der Waals surface area (Å²) in [5.74, 6) is -1.20. The molecule has 0 spiro atoms. The minimum absolute atomic E-state index is 0.0590. The van der Waals surface area contributed by atoms with Crippen LogP contribution in [0.4, 0.5) is 14.9 Å². The van der Waals surface area contributed by atoms with Gasteiger partial charge in [0.05, 0.1) is 5.02 Å². The van der Waals surface area contributed by atoms with Gasteiger partial charge in [-0.2, -0.15) is 0 Å². The van der Waals surface area contributed by atoms with Gasteiger partial charge in [-0.25, -0.2) is 22.3 Å². The zero-order valence-electron chi connectivity index (χ0n) is 7.70. The van der Waals surface area contributed by atoms with Crippen LogP contribution >= 0.6 is 11.6 Å². The van der Waals surface area contributed by atoms with Gasteiger partial charge in [0.1, 0.15) is 4.90 Å². The SMILES string of the molecule is NC(=O)NS(=O)(=O)c1cc(N)cc(Cl)c1F. The second-order valence-electron chi connectivity index (χ2n) is 2.78. The van der Waals surface area contributed by atoms with Crippen LogP contribution in [0, 0.1) is 5.82 Å². The molecule has 5 N–H and O–H groups in total. The molecular formula is C7H7ClFN3O3S. The Hall–Kier alpha value is -1.54. The Morgan fingerprint density at radius 3 is 2.50 bits per heavy atom. The fraction of sp³-hybridized carbons (Fsp3) is 0. The van der Waals surface area contributed by atoms with E-state index in [2.05, 4.69) is 5.73 Å². The number of sulfonamides is 1. The Bertz CT molecular complexity index is 546. The molecule has 16 heavy (non-hydrogen) atoms. The van der Waals surface area contributed by atoms with Crippen molar-refractivity contribution < 1.29 is 17.6 Å². The van der Waals surface area contributed by atoms with Gasteiger partial charge in [0, 0.05) is 5.69 Å². The average Bonchev–Trinajstić information content (AvgIpc) is 2.08. The third-order valence-electron chi connectivity index (χ3n) is 1.54. The predicted molar refractivity (Wildman–Crippen MR) is 55.7 cm³/mol. The molecule has 0 unspecified atom stereocenters. The number of nitrogens with two attached hydrogens (primary N) is 2. The molecule has 1 rings (SSSR count). The summed E-state index contributed by atoms with van der Waals surface area (Å²) in [5.41, 5.74) is 9.86. The van der Waals surface area contributed by atoms with Crippen LogP contribution in [0.2, 0.25) is 5.02 Å². The molecule has 88 valence electrons. The highest BCUT2D eigenvalue weighted by atomic mass is 35.5. The molecule has 9 heteroatoms. The number of hydrogen-bond donors (Lipinski definition) is 3. The Kier molecular flexibility index (Phi) is 3.24. The van der Waals surface area contributed by atoms with Crippen molar-refractivity contribution in [1.82, 2.24) is 4.72 Å². The Morgan fingerprint density at radius 1 is 1.44 bits per heavy atom. The number of urea groups is 1. The van der Waals surface area contributed by atoms with Crippen LogP contribution in [0.15, 0.2) is 17.0 Å². The van der Waals surface area contributed by atoms with Crippen molar-refractivity contribution in [3.05, 3.63) is 23.0 Å². The van der Waals surface area contributed by atoms with Crippen molar-refractivity contribution in [2.75, 3.05) is 5.73 Å². The molecule has 0 bridgehead atoms. The molecule has 0 saturated carbocycles. The molecule has 0 radical (unpaired) electrons. The van der Waals surface area contributed by atoms with Crippen molar-refractivity contribution in [3.8, 4) is 0 Å². The molecule has 2 amide bonds. The number of primary amides is 1. The number of amides is 2. The summed E-state index contributed by atoms with van der Waals surface area (Å²) >= 11 is 5.40. The van der Waals surface area contributed by atoms with E-state index < -0.39 is 31.8 Å². The van der Waals surface area contributed by atoms with Gasteiger partial charge in [0.2, 0.25) is 0 Å². The third kappa shape index (κ3) is 2.52. The van der Waals surface area contributed by atoms with Crippen LogP contribution < -0.4 is 16.2 Å². The van der Waals surface area contributed by atoms with Crippen molar-refractivity contribution in [2.45, 2.75) is 4.90 Å². The van der Waals surface area contributed by atoms with Gasteiger partial charge < -0.3 is 11.5 Å². The first-order chi connectivity index (χ1) is 7.24. The molecule has 0 aliphatic heterocycles. The zero-order valence-corrected chi connectivity index (χ0v) is 9.27. The van der Waals surface area contributed by atoms with Crippen LogP contribution in [0.25, 0.3) is 0 Å². The number of nitrogen functional groups attached to an aromatic ring is 1. The van der Waals surface area contributed by atoms with E-state index in [4.69, 9.17) is 17.3 Å². The van der Waals surface area contributed by atoms with Gasteiger partial charge in [-0.1, -0.05) is 11.6 Å². The van der Waals surface area contributed by atoms with E-state index in [1.54, 1.807) is 0 Å². The lowest BCUT2D eigenvalue weighted by Gasteiger charge is -2.07. The summed E-state index contributed by atoms with van der Waals surface area (Å²) in [4.78, 5) is 9.58. The second-order valence-corrected chi connectivity index (χ2v) is 4.84. The summed E-state index contributed by atoms with van der Waals surface area (Å²) in [7, 11) is -4.40. The van der Waals surface area contributed by atoms with E-state index in [9.17, 15) is 17.6 Å². The summed E-state index contributed by atoms with van der Waals surface area (Å²) in [6, 6.07) is 0.532. The van der Waals surface area contributed by atoms with Gasteiger partial charge >= 0.3 is 6.03 Å². The summed E-state index contributed by atoms with van der Waals surface area (Å²) < 4.78 is 37.6. The van der Waals surface area contributed by atoms with Crippen molar-refractivity contribution in [1.29, 1.82) is 0 Å². The molecule has 0 heterocycles. The van der Waals surface area contributed by atoms with Gasteiger partial charge in [-0.15, -0.1) is 0 Å². The highest BCUT2D eigenvalue weighted by Gasteiger charge is 2.23. The minimum Gasteiger partial charge on any atom is -0.399 e. The van der Waals surface area contributed by atoms with Crippen molar-refractivity contribution in [2.24, 2.45) is 5.73 Å². The van der Waals surface area contributed by atoms with E-state index in [0.29, 0.717) is 0 Å². The Morgan fingerprint density at radius 2 is 2.00 bits per heavy atom. The zero-order chi connectivity index (χ0) is 12.5. The number of hydrogen-bond acceptors (Lipinski definition) is 4. The van der Waals surface area contributed by atoms with Gasteiger partial charge in [-0.3, -0.25) is 0 Å². The maximum absolute atomic E-state index is 13.4. The van der Waals surface area contributed by atoms with Crippen molar-refractivity contribution in [3.63, 3.8) is 0 Å². The molecule has 0 atom stereocenters.